The smallest absolute Gasteiger partial charge is 0.234 e. The van der Waals surface area contributed by atoms with E-state index >= 15 is 0 Å². The first-order valence-corrected chi connectivity index (χ1v) is 9.40. The molecular formula is C19H21FN2OS. The van der Waals surface area contributed by atoms with Crippen molar-refractivity contribution in [3.63, 3.8) is 0 Å². The van der Waals surface area contributed by atoms with Gasteiger partial charge in [-0.05, 0) is 59.9 Å². The first-order chi connectivity index (χ1) is 11.7. The summed E-state index contributed by atoms with van der Waals surface area (Å²) in [5.41, 5.74) is 2.36. The van der Waals surface area contributed by atoms with Gasteiger partial charge in [0.25, 0.3) is 0 Å². The summed E-state index contributed by atoms with van der Waals surface area (Å²) in [5.74, 6) is 0.504. The Morgan fingerprint density at radius 2 is 2.04 bits per heavy atom. The fraction of sp³-hybridized carbons (Fsp3) is 0.421. The fourth-order valence-corrected chi connectivity index (χ4v) is 4.50. The molecule has 0 unspecified atom stereocenters. The van der Waals surface area contributed by atoms with E-state index in [1.54, 1.807) is 12.1 Å². The maximum atomic E-state index is 12.9. The number of fused-ring (bicyclic) bond motifs is 1. The van der Waals surface area contributed by atoms with E-state index in [9.17, 15) is 9.18 Å². The number of halogens is 1. The largest absolute Gasteiger partial charge is 0.351 e. The number of nitrogens with one attached hydrogen (secondary N) is 1. The number of carbonyl (C=O) groups excluding carboxylic acids is 1. The van der Waals surface area contributed by atoms with Crippen molar-refractivity contribution < 1.29 is 9.18 Å². The third kappa shape index (κ3) is 3.37. The molecular weight excluding hydrogens is 323 g/mol. The van der Waals surface area contributed by atoms with Gasteiger partial charge in [-0.1, -0.05) is 12.1 Å². The minimum Gasteiger partial charge on any atom is -0.351 e. The summed E-state index contributed by atoms with van der Waals surface area (Å²) in [5, 5.41) is 5.14. The molecule has 5 heteroatoms. The molecule has 0 spiro atoms. The van der Waals surface area contributed by atoms with E-state index in [-0.39, 0.29) is 11.7 Å². The molecule has 1 aliphatic carbocycles. The number of carbonyl (C=O) groups is 1. The molecule has 3 nitrogen and oxygen atoms in total. The lowest BCUT2D eigenvalue weighted by molar-refractivity contribution is -0.123. The van der Waals surface area contributed by atoms with Gasteiger partial charge in [0.05, 0.1) is 6.54 Å². The summed E-state index contributed by atoms with van der Waals surface area (Å²) in [6.45, 7) is 1.85. The average Bonchev–Trinajstić information content (AvgIpc) is 3.30. The molecule has 1 aliphatic heterocycles. The highest BCUT2D eigenvalue weighted by molar-refractivity contribution is 7.10. The summed E-state index contributed by atoms with van der Waals surface area (Å²) in [6, 6.07) is 8.92. The van der Waals surface area contributed by atoms with E-state index in [1.807, 2.05) is 11.3 Å². The van der Waals surface area contributed by atoms with Gasteiger partial charge in [-0.25, -0.2) is 4.39 Å². The van der Waals surface area contributed by atoms with Crippen LogP contribution < -0.4 is 5.32 Å². The van der Waals surface area contributed by atoms with Crippen LogP contribution in [0.5, 0.6) is 0 Å². The highest BCUT2D eigenvalue weighted by atomic mass is 32.1. The van der Waals surface area contributed by atoms with E-state index in [2.05, 4.69) is 21.7 Å². The number of rotatable bonds is 5. The Hall–Kier alpha value is -1.72. The molecule has 1 aromatic carbocycles. The van der Waals surface area contributed by atoms with Gasteiger partial charge >= 0.3 is 0 Å². The summed E-state index contributed by atoms with van der Waals surface area (Å²) in [4.78, 5) is 16.2. The van der Waals surface area contributed by atoms with Gasteiger partial charge < -0.3 is 5.32 Å². The van der Waals surface area contributed by atoms with E-state index < -0.39 is 0 Å². The molecule has 0 bridgehead atoms. The minimum absolute atomic E-state index is 0.0451. The Balaban J connectivity index is 1.37. The molecule has 4 rings (SSSR count). The van der Waals surface area contributed by atoms with Crippen LogP contribution in [0.4, 0.5) is 4.39 Å². The number of nitrogens with zero attached hydrogens (tertiary/aromatic N) is 1. The van der Waals surface area contributed by atoms with Gasteiger partial charge in [0, 0.05) is 24.0 Å². The molecule has 1 atom stereocenters. The molecule has 0 radical (unpaired) electrons. The molecule has 1 aromatic heterocycles. The standard InChI is InChI=1S/C19H21FN2OS/c20-15-5-1-13(2-6-15)11-21-18(23)12-22-9-7-17-16(8-10-24-17)19(22)14-3-4-14/h1-2,5-6,8,10,14,19H,3-4,7,9,11-12H2,(H,21,23)/t19-/m1/s1. The van der Waals surface area contributed by atoms with E-state index in [0.717, 1.165) is 18.5 Å². The van der Waals surface area contributed by atoms with Crippen LogP contribution in [0.2, 0.25) is 0 Å². The Bertz CT molecular complexity index is 723. The molecule has 1 amide bonds. The van der Waals surface area contributed by atoms with Crippen LogP contribution in [0.3, 0.4) is 0 Å². The molecule has 24 heavy (non-hydrogen) atoms. The third-order valence-electron chi connectivity index (χ3n) is 4.94. The average molecular weight is 344 g/mol. The number of amides is 1. The second-order valence-electron chi connectivity index (χ2n) is 6.71. The second kappa shape index (κ2) is 6.65. The normalized spacial score (nSPS) is 20.6. The number of thiophene rings is 1. The predicted octanol–water partition coefficient (Wildman–Crippen LogP) is 3.51. The fourth-order valence-electron chi connectivity index (χ4n) is 3.58. The number of hydrogen-bond acceptors (Lipinski definition) is 3. The van der Waals surface area contributed by atoms with Crippen LogP contribution in [0.15, 0.2) is 35.7 Å². The Morgan fingerprint density at radius 3 is 2.79 bits per heavy atom. The van der Waals surface area contributed by atoms with Crippen molar-refractivity contribution in [3.8, 4) is 0 Å². The zero-order chi connectivity index (χ0) is 16.5. The van der Waals surface area contributed by atoms with Gasteiger partial charge in [0.2, 0.25) is 5.91 Å². The van der Waals surface area contributed by atoms with Crippen molar-refractivity contribution in [1.29, 1.82) is 0 Å². The Kier molecular flexibility index (Phi) is 4.37. The van der Waals surface area contributed by atoms with Crippen molar-refractivity contribution in [2.45, 2.75) is 31.8 Å². The van der Waals surface area contributed by atoms with Gasteiger partial charge in [-0.15, -0.1) is 11.3 Å². The van der Waals surface area contributed by atoms with Crippen molar-refractivity contribution in [3.05, 3.63) is 57.5 Å². The van der Waals surface area contributed by atoms with Gasteiger partial charge in [-0.2, -0.15) is 0 Å². The van der Waals surface area contributed by atoms with Crippen molar-refractivity contribution in [1.82, 2.24) is 10.2 Å². The Labute approximate surface area is 145 Å². The summed E-state index contributed by atoms with van der Waals surface area (Å²) < 4.78 is 12.9. The summed E-state index contributed by atoms with van der Waals surface area (Å²) in [7, 11) is 0. The van der Waals surface area contributed by atoms with Crippen molar-refractivity contribution >= 4 is 17.2 Å². The molecule has 1 N–H and O–H groups in total. The first-order valence-electron chi connectivity index (χ1n) is 8.52. The maximum absolute atomic E-state index is 12.9. The monoisotopic (exact) mass is 344 g/mol. The van der Waals surface area contributed by atoms with E-state index in [1.165, 1.54) is 35.4 Å². The second-order valence-corrected chi connectivity index (χ2v) is 7.71. The van der Waals surface area contributed by atoms with Crippen molar-refractivity contribution in [2.75, 3.05) is 13.1 Å². The highest BCUT2D eigenvalue weighted by Gasteiger charge is 2.40. The van der Waals surface area contributed by atoms with Crippen LogP contribution in [-0.2, 0) is 17.8 Å². The molecule has 2 aromatic rings. The summed E-state index contributed by atoms with van der Waals surface area (Å²) in [6.07, 6.45) is 3.59. The zero-order valence-corrected chi connectivity index (χ0v) is 14.3. The van der Waals surface area contributed by atoms with Gasteiger partial charge in [0.1, 0.15) is 5.82 Å². The molecule has 2 heterocycles. The van der Waals surface area contributed by atoms with Crippen LogP contribution in [0.1, 0.15) is 34.9 Å². The summed E-state index contributed by atoms with van der Waals surface area (Å²) >= 11 is 1.85. The lowest BCUT2D eigenvalue weighted by atomic mass is 9.96. The lowest BCUT2D eigenvalue weighted by Crippen LogP contribution is -2.42. The number of hydrogen-bond donors (Lipinski definition) is 1. The Morgan fingerprint density at radius 1 is 1.25 bits per heavy atom. The zero-order valence-electron chi connectivity index (χ0n) is 13.5. The molecule has 126 valence electrons. The SMILES string of the molecule is O=C(CN1CCc2sccc2[C@H]1C1CC1)NCc1ccc(F)cc1. The van der Waals surface area contributed by atoms with Crippen LogP contribution in [0.25, 0.3) is 0 Å². The molecule has 1 saturated carbocycles. The minimum atomic E-state index is -0.253. The maximum Gasteiger partial charge on any atom is 0.234 e. The molecule has 1 fully saturated rings. The van der Waals surface area contributed by atoms with Crippen molar-refractivity contribution in [2.24, 2.45) is 5.92 Å². The lowest BCUT2D eigenvalue weighted by Gasteiger charge is -2.35. The van der Waals surface area contributed by atoms with Gasteiger partial charge in [0.15, 0.2) is 0 Å². The third-order valence-corrected chi connectivity index (χ3v) is 5.93. The van der Waals surface area contributed by atoms with Crippen LogP contribution in [0, 0.1) is 11.7 Å². The molecule has 2 aliphatic rings. The van der Waals surface area contributed by atoms with E-state index in [4.69, 9.17) is 0 Å². The first kappa shape index (κ1) is 15.8. The van der Waals surface area contributed by atoms with E-state index in [0.29, 0.717) is 25.0 Å². The number of benzene rings is 1. The highest BCUT2D eigenvalue weighted by Crippen LogP contribution is 2.48. The topological polar surface area (TPSA) is 32.3 Å². The van der Waals surface area contributed by atoms with Crippen LogP contribution >= 0.6 is 11.3 Å². The van der Waals surface area contributed by atoms with Crippen LogP contribution in [-0.4, -0.2) is 23.9 Å². The predicted molar refractivity (Wildman–Crippen MR) is 93.3 cm³/mol. The van der Waals surface area contributed by atoms with Gasteiger partial charge in [-0.3, -0.25) is 9.69 Å². The molecule has 0 saturated heterocycles. The quantitative estimate of drug-likeness (QED) is 0.900.